The Morgan fingerprint density at radius 1 is 0.986 bits per heavy atom. The van der Waals surface area contributed by atoms with Crippen LogP contribution in [0.1, 0.15) is 94.1 Å². The van der Waals surface area contributed by atoms with Gasteiger partial charge in [0.05, 0.1) is 58.1 Å². The number of pyridine rings is 1. The second-order valence-corrected chi connectivity index (χ2v) is 23.8. The maximum Gasteiger partial charge on any atom is 0.297 e. The van der Waals surface area contributed by atoms with Gasteiger partial charge in [-0.15, -0.1) is 0 Å². The lowest BCUT2D eigenvalue weighted by atomic mass is 9.60. The summed E-state index contributed by atoms with van der Waals surface area (Å²) in [6, 6.07) is 20.2. The van der Waals surface area contributed by atoms with E-state index in [1.807, 2.05) is 36.1 Å². The summed E-state index contributed by atoms with van der Waals surface area (Å²) in [5.74, 6) is 0.422. The molecule has 8 heterocycles. The number of likely N-dealkylation sites (tertiary alicyclic amines) is 2. The molecule has 6 aliphatic heterocycles. The van der Waals surface area contributed by atoms with Crippen molar-refractivity contribution in [2.24, 2.45) is 5.41 Å². The molecule has 0 bridgehead atoms. The van der Waals surface area contributed by atoms with Crippen molar-refractivity contribution in [2.45, 2.75) is 119 Å². The van der Waals surface area contributed by atoms with E-state index in [9.17, 15) is 28.4 Å². The minimum absolute atomic E-state index is 0.00499. The lowest BCUT2D eigenvalue weighted by Gasteiger charge is -2.56. The van der Waals surface area contributed by atoms with Gasteiger partial charge < -0.3 is 49.1 Å². The van der Waals surface area contributed by atoms with Crippen LogP contribution in [0.4, 0.5) is 28.4 Å². The van der Waals surface area contributed by atoms with Crippen molar-refractivity contribution in [3.8, 4) is 17.4 Å². The van der Waals surface area contributed by atoms with Crippen molar-refractivity contribution in [3.05, 3.63) is 94.2 Å². The number of carbonyl (C=O) groups excluding carboxylic acids is 1. The fraction of sp³-hybridized carbons (Fsp3) is 0.519. The Hall–Kier alpha value is -6.19. The first kappa shape index (κ1) is 48.7. The van der Waals surface area contributed by atoms with Gasteiger partial charge in [-0.1, -0.05) is 18.2 Å². The highest BCUT2D eigenvalue weighted by atomic mass is 32.2. The Labute approximate surface area is 430 Å². The molecule has 1 aliphatic carbocycles. The summed E-state index contributed by atoms with van der Waals surface area (Å²) in [4.78, 5) is 43.4. The number of ether oxygens (including phenoxy) is 4. The van der Waals surface area contributed by atoms with Crippen LogP contribution in [0.25, 0.3) is 11.0 Å². The van der Waals surface area contributed by atoms with E-state index in [2.05, 4.69) is 67.8 Å². The second kappa shape index (κ2) is 18.9. The van der Waals surface area contributed by atoms with Crippen LogP contribution < -0.4 is 34.0 Å². The van der Waals surface area contributed by atoms with E-state index in [0.717, 1.165) is 74.6 Å². The number of aliphatic hydroxyl groups is 1. The highest BCUT2D eigenvalue weighted by Crippen LogP contribution is 2.55. The lowest BCUT2D eigenvalue weighted by molar-refractivity contribution is -0.384. The van der Waals surface area contributed by atoms with Gasteiger partial charge in [-0.3, -0.25) is 19.8 Å². The molecule has 3 aromatic carbocycles. The molecule has 19 nitrogen and oxygen atoms in total. The molecule has 4 saturated heterocycles. The number of sulfonamides is 1. The monoisotopic (exact) mass is 1030 g/mol. The summed E-state index contributed by atoms with van der Waals surface area (Å²) < 4.78 is 55.7. The number of amides is 1. The number of hydrogen-bond acceptors (Lipinski definition) is 16. The van der Waals surface area contributed by atoms with Crippen LogP contribution in [0.3, 0.4) is 0 Å². The number of piperidine rings is 2. The highest BCUT2D eigenvalue weighted by Gasteiger charge is 2.51. The molecule has 1 spiro atoms. The molecule has 7 aliphatic rings. The van der Waals surface area contributed by atoms with E-state index < -0.39 is 43.1 Å². The number of para-hydroxylation sites is 1. The van der Waals surface area contributed by atoms with E-state index in [1.54, 1.807) is 12.3 Å². The third kappa shape index (κ3) is 9.15. The van der Waals surface area contributed by atoms with Crippen molar-refractivity contribution in [1.29, 1.82) is 0 Å². The predicted octanol–water partition coefficient (Wildman–Crippen LogP) is 7.28. The zero-order valence-corrected chi connectivity index (χ0v) is 42.9. The van der Waals surface area contributed by atoms with Crippen molar-refractivity contribution in [2.75, 3.05) is 74.2 Å². The number of anilines is 4. The zero-order valence-electron chi connectivity index (χ0n) is 42.1. The number of nitro benzene ring substituents is 1. The van der Waals surface area contributed by atoms with E-state index >= 15 is 0 Å². The topological polar surface area (TPSA) is 217 Å². The summed E-state index contributed by atoms with van der Waals surface area (Å²) in [6.07, 6.45) is 9.32. The summed E-state index contributed by atoms with van der Waals surface area (Å²) in [6.45, 7) is 11.2. The Balaban J connectivity index is 0.809. The molecule has 5 aromatic rings. The quantitative estimate of drug-likeness (QED) is 0.0713. The molecule has 74 heavy (non-hydrogen) atoms. The summed E-state index contributed by atoms with van der Waals surface area (Å²) >= 11 is 0. The molecule has 4 atom stereocenters. The highest BCUT2D eigenvalue weighted by molar-refractivity contribution is 7.90. The number of H-pyrrole nitrogens is 1. The standard InChI is InChI=1S/C54H65N9O10S/c1-33(2)72-46-9-5-4-7-39(46)41-8-6-18-61(41)37-27-54(28-37)15-21-60(22-16-54)36-10-11-40(42(24-36)62-44-23-34-12-17-55-50(34)57-52(44)73-48-32-70-31-45(48)62)51(64)58-74(68,69)38-25-43(63(66)67)49-47(26-38)71-30-35(56-49)29-59-19-13-53(3,65)14-20-59/h4-5,7,9-12,17,23-26,33,35,37,41,45,48,56,65H,6,8,13-16,18-22,27-32H2,1-3H3,(H,55,57)(H,58,64)/t35-,41+,45-,48-/m1/s1. The number of rotatable bonds is 12. The number of nitrogens with zero attached hydrogens (tertiary/aromatic N) is 6. The van der Waals surface area contributed by atoms with Gasteiger partial charge in [-0.2, -0.15) is 4.98 Å². The Kier molecular flexibility index (Phi) is 12.4. The number of benzene rings is 3. The molecular formula is C54H65N9O10S. The largest absolute Gasteiger partial charge is 0.491 e. The smallest absolute Gasteiger partial charge is 0.297 e. The number of aromatic nitrogens is 2. The minimum Gasteiger partial charge on any atom is -0.491 e. The van der Waals surface area contributed by atoms with E-state index in [-0.39, 0.29) is 53.8 Å². The van der Waals surface area contributed by atoms with Gasteiger partial charge in [0.1, 0.15) is 29.8 Å². The number of hydrogen-bond donors (Lipinski definition) is 4. The normalized spacial score (nSPS) is 24.6. The summed E-state index contributed by atoms with van der Waals surface area (Å²) in [5, 5.41) is 27.0. The van der Waals surface area contributed by atoms with Gasteiger partial charge in [0.15, 0.2) is 11.4 Å². The molecule has 12 rings (SSSR count). The molecule has 0 unspecified atom stereocenters. The molecule has 1 amide bonds. The van der Waals surface area contributed by atoms with Gasteiger partial charge in [0, 0.05) is 79.8 Å². The van der Waals surface area contributed by atoms with Crippen molar-refractivity contribution in [1.82, 2.24) is 24.5 Å². The first-order chi connectivity index (χ1) is 35.6. The Morgan fingerprint density at radius 3 is 2.57 bits per heavy atom. The van der Waals surface area contributed by atoms with Gasteiger partial charge in [-0.25, -0.2) is 13.1 Å². The molecule has 1 saturated carbocycles. The summed E-state index contributed by atoms with van der Waals surface area (Å²) in [7, 11) is -4.72. The maximum atomic E-state index is 14.8. The molecule has 2 aromatic heterocycles. The number of fused-ring (bicyclic) bond motifs is 4. The van der Waals surface area contributed by atoms with Crippen molar-refractivity contribution >= 4 is 55.4 Å². The number of aromatic amines is 1. The van der Waals surface area contributed by atoms with Crippen LogP contribution in [-0.4, -0.2) is 139 Å². The third-order valence-corrected chi connectivity index (χ3v) is 18.1. The molecule has 5 fully saturated rings. The summed E-state index contributed by atoms with van der Waals surface area (Å²) in [5.41, 5.74) is 3.04. The lowest BCUT2D eigenvalue weighted by Crippen LogP contribution is -2.55. The molecule has 4 N–H and O–H groups in total. The van der Waals surface area contributed by atoms with Crippen LogP contribution in [0.2, 0.25) is 0 Å². The van der Waals surface area contributed by atoms with Gasteiger partial charge in [-0.05, 0) is 120 Å². The third-order valence-electron chi connectivity index (χ3n) is 16.7. The Morgan fingerprint density at radius 2 is 1.78 bits per heavy atom. The zero-order chi connectivity index (χ0) is 51.1. The maximum absolute atomic E-state index is 14.8. The van der Waals surface area contributed by atoms with E-state index in [1.165, 1.54) is 18.1 Å². The van der Waals surface area contributed by atoms with Crippen molar-refractivity contribution in [3.63, 3.8) is 0 Å². The van der Waals surface area contributed by atoms with Crippen LogP contribution in [0, 0.1) is 15.5 Å². The number of nitro groups is 1. The first-order valence-corrected chi connectivity index (χ1v) is 27.7. The van der Waals surface area contributed by atoms with Crippen LogP contribution >= 0.6 is 0 Å². The average Bonchev–Trinajstić information content (AvgIpc) is 4.17. The van der Waals surface area contributed by atoms with E-state index in [0.29, 0.717) is 74.1 Å². The molecule has 392 valence electrons. The molecular weight excluding hydrogens is 967 g/mol. The molecule has 0 radical (unpaired) electrons. The van der Waals surface area contributed by atoms with Gasteiger partial charge in [0.25, 0.3) is 21.6 Å². The fourth-order valence-corrected chi connectivity index (χ4v) is 13.8. The van der Waals surface area contributed by atoms with Crippen LogP contribution in [-0.2, 0) is 14.8 Å². The van der Waals surface area contributed by atoms with E-state index in [4.69, 9.17) is 23.9 Å². The van der Waals surface area contributed by atoms with Crippen LogP contribution in [0.15, 0.2) is 77.8 Å². The molecule has 20 heteroatoms. The number of carbonyl (C=O) groups is 1. The minimum atomic E-state index is -4.72. The average molecular weight is 1030 g/mol. The van der Waals surface area contributed by atoms with Crippen LogP contribution in [0.5, 0.6) is 17.4 Å². The second-order valence-electron chi connectivity index (χ2n) is 22.2. The first-order valence-electron chi connectivity index (χ1n) is 26.3. The fourth-order valence-electron chi connectivity index (χ4n) is 12.8. The van der Waals surface area contributed by atoms with Gasteiger partial charge in [0.2, 0.25) is 5.88 Å². The van der Waals surface area contributed by atoms with Crippen molar-refractivity contribution < 1.29 is 42.2 Å². The predicted molar refractivity (Wildman–Crippen MR) is 278 cm³/mol. The number of nitrogens with one attached hydrogen (secondary N) is 3. The van der Waals surface area contributed by atoms with Gasteiger partial charge >= 0.3 is 0 Å². The Bertz CT molecular complexity index is 3090. The SMILES string of the molecule is CC(C)Oc1ccccc1[C@@H]1CCCN1C1CC2(CCN(c3ccc(C(=O)NS(=O)(=O)c4cc5c(c([N+](=O)[O-])c4)N[C@H](CN4CCC(C)(O)CC4)CO5)c(N4c5cc6cc[nH]c6nc5O[C@@H]5COC[C@H]54)c3)CC2)C1.